The second-order valence-electron chi connectivity index (χ2n) is 4.89. The Morgan fingerprint density at radius 1 is 1.50 bits per heavy atom. The quantitative estimate of drug-likeness (QED) is 0.804. The summed E-state index contributed by atoms with van der Waals surface area (Å²) in [4.78, 5) is 8.30. The third-order valence-corrected chi connectivity index (χ3v) is 3.98. The Morgan fingerprint density at radius 3 is 3.11 bits per heavy atom. The van der Waals surface area contributed by atoms with Gasteiger partial charge in [0, 0.05) is 18.6 Å². The van der Waals surface area contributed by atoms with E-state index < -0.39 is 0 Å². The molecule has 2 fully saturated rings. The number of ether oxygens (including phenoxy) is 2. The molecule has 6 heteroatoms. The monoisotopic (exact) mass is 250 g/mol. The molecule has 1 aliphatic heterocycles. The number of fused-ring (bicyclic) bond motifs is 1. The number of nitrogens with one attached hydrogen (secondary N) is 1. The first-order valence-corrected chi connectivity index (χ1v) is 6.21. The summed E-state index contributed by atoms with van der Waals surface area (Å²) in [5.74, 6) is 1.85. The summed E-state index contributed by atoms with van der Waals surface area (Å²) in [6, 6.07) is 0.272. The summed E-state index contributed by atoms with van der Waals surface area (Å²) in [6.07, 6.45) is 2.78. The van der Waals surface area contributed by atoms with Crippen LogP contribution in [0, 0.1) is 12.8 Å². The normalized spacial score (nSPS) is 33.7. The van der Waals surface area contributed by atoms with Crippen LogP contribution in [0.3, 0.4) is 0 Å². The van der Waals surface area contributed by atoms with E-state index >= 15 is 0 Å². The van der Waals surface area contributed by atoms with Crippen LogP contribution in [0.1, 0.15) is 12.0 Å². The number of rotatable bonds is 3. The van der Waals surface area contributed by atoms with E-state index in [1.165, 1.54) is 6.33 Å². The van der Waals surface area contributed by atoms with Crippen LogP contribution in [0.4, 0.5) is 5.82 Å². The van der Waals surface area contributed by atoms with Crippen molar-refractivity contribution in [3.05, 3.63) is 11.9 Å². The van der Waals surface area contributed by atoms with E-state index in [0.29, 0.717) is 11.8 Å². The lowest BCUT2D eigenvalue weighted by Gasteiger charge is -2.46. The molecule has 4 unspecified atom stereocenters. The van der Waals surface area contributed by atoms with Crippen molar-refractivity contribution in [2.45, 2.75) is 31.5 Å². The molecule has 18 heavy (non-hydrogen) atoms. The fourth-order valence-electron chi connectivity index (χ4n) is 2.87. The van der Waals surface area contributed by atoms with Crippen LogP contribution < -0.4 is 15.8 Å². The summed E-state index contributed by atoms with van der Waals surface area (Å²) < 4.78 is 10.9. The van der Waals surface area contributed by atoms with Gasteiger partial charge in [0.05, 0.1) is 24.8 Å². The highest BCUT2D eigenvalue weighted by Crippen LogP contribution is 2.39. The minimum absolute atomic E-state index is 0.135. The van der Waals surface area contributed by atoms with Crippen molar-refractivity contribution in [1.82, 2.24) is 9.97 Å². The number of aromatic nitrogens is 2. The molecule has 3 N–H and O–H groups in total. The van der Waals surface area contributed by atoms with Gasteiger partial charge in [-0.25, -0.2) is 9.97 Å². The molecule has 0 amide bonds. The van der Waals surface area contributed by atoms with Gasteiger partial charge in [0.25, 0.3) is 0 Å². The average molecular weight is 250 g/mol. The second kappa shape index (κ2) is 4.37. The molecule has 0 spiro atoms. The zero-order valence-electron chi connectivity index (χ0n) is 10.6. The predicted octanol–water partition coefficient (Wildman–Crippen LogP) is 0.320. The van der Waals surface area contributed by atoms with Gasteiger partial charge in [-0.15, -0.1) is 0 Å². The number of hydrogen-bond acceptors (Lipinski definition) is 6. The minimum atomic E-state index is 0.135. The van der Waals surface area contributed by atoms with Crippen LogP contribution in [0.2, 0.25) is 0 Å². The topological polar surface area (TPSA) is 82.3 Å². The van der Waals surface area contributed by atoms with E-state index in [4.69, 9.17) is 15.2 Å². The highest BCUT2D eigenvalue weighted by atomic mass is 16.5. The summed E-state index contributed by atoms with van der Waals surface area (Å²) >= 11 is 0. The van der Waals surface area contributed by atoms with Crippen molar-refractivity contribution in [1.29, 1.82) is 0 Å². The van der Waals surface area contributed by atoms with Crippen molar-refractivity contribution in [3.8, 4) is 5.88 Å². The predicted molar refractivity (Wildman–Crippen MR) is 66.6 cm³/mol. The first-order valence-electron chi connectivity index (χ1n) is 6.21. The maximum atomic E-state index is 6.16. The molecule has 1 aliphatic carbocycles. The number of hydrogen-bond donors (Lipinski definition) is 2. The molecule has 1 saturated carbocycles. The lowest BCUT2D eigenvalue weighted by Crippen LogP contribution is -2.65. The fraction of sp³-hybridized carbons (Fsp3) is 0.667. The Hall–Kier alpha value is -1.40. The van der Waals surface area contributed by atoms with Gasteiger partial charge in [0.1, 0.15) is 12.1 Å². The molecular weight excluding hydrogens is 232 g/mol. The van der Waals surface area contributed by atoms with Gasteiger partial charge in [-0.05, 0) is 13.3 Å². The molecular formula is C12H18N4O2. The Balaban J connectivity index is 1.77. The minimum Gasteiger partial charge on any atom is -0.481 e. The van der Waals surface area contributed by atoms with E-state index in [1.807, 2.05) is 6.92 Å². The van der Waals surface area contributed by atoms with Crippen LogP contribution in [0.15, 0.2) is 6.33 Å². The van der Waals surface area contributed by atoms with E-state index in [0.717, 1.165) is 24.4 Å². The molecule has 6 nitrogen and oxygen atoms in total. The van der Waals surface area contributed by atoms with Gasteiger partial charge in [0.15, 0.2) is 0 Å². The van der Waals surface area contributed by atoms with E-state index in [1.54, 1.807) is 7.11 Å². The smallest absolute Gasteiger partial charge is 0.221 e. The first-order chi connectivity index (χ1) is 8.72. The number of anilines is 1. The van der Waals surface area contributed by atoms with Crippen molar-refractivity contribution in [2.75, 3.05) is 19.0 Å². The van der Waals surface area contributed by atoms with Crippen molar-refractivity contribution >= 4 is 5.82 Å². The Morgan fingerprint density at radius 2 is 2.33 bits per heavy atom. The zero-order valence-corrected chi connectivity index (χ0v) is 10.6. The Kier molecular flexibility index (Phi) is 2.83. The van der Waals surface area contributed by atoms with Gasteiger partial charge in [-0.1, -0.05) is 0 Å². The maximum Gasteiger partial charge on any atom is 0.221 e. The Labute approximate surface area is 106 Å². The molecule has 2 heterocycles. The van der Waals surface area contributed by atoms with Crippen LogP contribution in [0.5, 0.6) is 5.88 Å². The molecule has 0 bridgehead atoms. The van der Waals surface area contributed by atoms with Gasteiger partial charge in [-0.2, -0.15) is 0 Å². The summed E-state index contributed by atoms with van der Waals surface area (Å²) in [7, 11) is 1.60. The lowest BCUT2D eigenvalue weighted by molar-refractivity contribution is 0.00520. The van der Waals surface area contributed by atoms with E-state index in [9.17, 15) is 0 Å². The molecule has 2 aliphatic rings. The standard InChI is InChI=1S/C12H18N4O2/c1-6-11(14-5-15-12(6)17-2)16-9-8(13)7-3-4-18-10(7)9/h5,7-10H,3-4,13H2,1-2H3,(H,14,15,16). The summed E-state index contributed by atoms with van der Waals surface area (Å²) in [5.41, 5.74) is 7.06. The summed E-state index contributed by atoms with van der Waals surface area (Å²) in [5, 5.41) is 3.36. The van der Waals surface area contributed by atoms with Gasteiger partial charge in [-0.3, -0.25) is 0 Å². The third-order valence-electron chi connectivity index (χ3n) is 3.98. The highest BCUT2D eigenvalue weighted by molar-refractivity contribution is 5.49. The molecule has 1 aromatic heterocycles. The summed E-state index contributed by atoms with van der Waals surface area (Å²) in [6.45, 7) is 2.74. The van der Waals surface area contributed by atoms with Gasteiger partial charge < -0.3 is 20.5 Å². The zero-order chi connectivity index (χ0) is 12.7. The highest BCUT2D eigenvalue weighted by Gasteiger charge is 2.52. The first kappa shape index (κ1) is 11.7. The maximum absolute atomic E-state index is 6.16. The van der Waals surface area contributed by atoms with Gasteiger partial charge in [0.2, 0.25) is 5.88 Å². The largest absolute Gasteiger partial charge is 0.481 e. The molecule has 0 radical (unpaired) electrons. The molecule has 0 aromatic carbocycles. The molecule has 4 atom stereocenters. The van der Waals surface area contributed by atoms with Gasteiger partial charge >= 0.3 is 0 Å². The SMILES string of the molecule is COc1ncnc(NC2C(N)C3CCOC32)c1C. The van der Waals surface area contributed by atoms with Crippen LogP contribution >= 0.6 is 0 Å². The second-order valence-corrected chi connectivity index (χ2v) is 4.89. The molecule has 98 valence electrons. The van der Waals surface area contributed by atoms with Crippen molar-refractivity contribution in [3.63, 3.8) is 0 Å². The lowest BCUT2D eigenvalue weighted by atomic mass is 9.72. The third kappa shape index (κ3) is 1.64. The van der Waals surface area contributed by atoms with Crippen LogP contribution in [-0.2, 0) is 4.74 Å². The average Bonchev–Trinajstić information content (AvgIpc) is 2.82. The van der Waals surface area contributed by atoms with E-state index in [-0.39, 0.29) is 18.2 Å². The van der Waals surface area contributed by atoms with Crippen LogP contribution in [-0.4, -0.2) is 41.9 Å². The molecule has 1 aromatic rings. The number of methoxy groups -OCH3 is 1. The van der Waals surface area contributed by atoms with Crippen molar-refractivity contribution < 1.29 is 9.47 Å². The number of nitrogens with two attached hydrogens (primary N) is 1. The van der Waals surface area contributed by atoms with Crippen molar-refractivity contribution in [2.24, 2.45) is 11.7 Å². The molecule has 1 saturated heterocycles. The van der Waals surface area contributed by atoms with Crippen LogP contribution in [0.25, 0.3) is 0 Å². The fourth-order valence-corrected chi connectivity index (χ4v) is 2.87. The molecule has 3 rings (SSSR count). The Bertz CT molecular complexity index is 454. The van der Waals surface area contributed by atoms with E-state index in [2.05, 4.69) is 15.3 Å². The number of nitrogens with zero attached hydrogens (tertiary/aromatic N) is 2.